The minimum atomic E-state index is -1.32. The molecule has 0 fully saturated rings. The zero-order chi connectivity index (χ0) is 15.7. The van der Waals surface area contributed by atoms with Crippen molar-refractivity contribution in [3.63, 3.8) is 0 Å². The lowest BCUT2D eigenvalue weighted by molar-refractivity contribution is -0.141. The first-order chi connectivity index (χ1) is 9.33. The summed E-state index contributed by atoms with van der Waals surface area (Å²) in [5, 5.41) is 11.3. The highest BCUT2D eigenvalue weighted by Gasteiger charge is 2.26. The maximum absolute atomic E-state index is 12.1. The molecule has 0 rings (SSSR count). The third kappa shape index (κ3) is 6.37. The van der Waals surface area contributed by atoms with Crippen molar-refractivity contribution in [2.75, 3.05) is 20.3 Å². The summed E-state index contributed by atoms with van der Waals surface area (Å²) >= 11 is 0. The number of nitrogens with two attached hydrogens (primary N) is 1. The molecule has 0 aromatic heterocycles. The molecule has 0 aromatic rings. The fourth-order valence-electron chi connectivity index (χ4n) is 1.57. The van der Waals surface area contributed by atoms with Crippen LogP contribution in [0.25, 0.3) is 0 Å². The number of carboxylic acid groups (broad SMARTS) is 1. The first-order valence-electron chi connectivity index (χ1n) is 6.40. The molecule has 0 saturated carbocycles. The van der Waals surface area contributed by atoms with Crippen molar-refractivity contribution < 1.29 is 24.2 Å². The van der Waals surface area contributed by atoms with E-state index in [9.17, 15) is 14.4 Å². The number of hydrogen-bond acceptors (Lipinski definition) is 4. The number of primary amides is 1. The van der Waals surface area contributed by atoms with Gasteiger partial charge in [0.25, 0.3) is 0 Å². The predicted molar refractivity (Wildman–Crippen MR) is 72.1 cm³/mol. The van der Waals surface area contributed by atoms with Gasteiger partial charge in [0.1, 0.15) is 6.04 Å². The molecule has 0 radical (unpaired) electrons. The van der Waals surface area contributed by atoms with Gasteiger partial charge in [0, 0.05) is 19.7 Å². The molecule has 0 aliphatic rings. The number of nitrogens with one attached hydrogen (secondary N) is 1. The van der Waals surface area contributed by atoms with Gasteiger partial charge in [0.2, 0.25) is 5.91 Å². The van der Waals surface area contributed by atoms with E-state index in [1.165, 1.54) is 12.0 Å². The van der Waals surface area contributed by atoms with Gasteiger partial charge in [-0.2, -0.15) is 0 Å². The molecule has 2 atom stereocenters. The third-order valence-electron chi connectivity index (χ3n) is 2.92. The van der Waals surface area contributed by atoms with E-state index in [1.54, 1.807) is 0 Å². The maximum atomic E-state index is 12.1. The smallest absolute Gasteiger partial charge is 0.326 e. The van der Waals surface area contributed by atoms with Crippen molar-refractivity contribution in [3.05, 3.63) is 0 Å². The number of ether oxygens (including phenoxy) is 1. The van der Waals surface area contributed by atoms with Crippen molar-refractivity contribution in [1.29, 1.82) is 0 Å². The molecule has 0 aliphatic heterocycles. The van der Waals surface area contributed by atoms with Gasteiger partial charge in [-0.3, -0.25) is 4.79 Å². The largest absolute Gasteiger partial charge is 0.480 e. The molecule has 0 saturated heterocycles. The molecule has 4 N–H and O–H groups in total. The Balaban J connectivity index is 4.77. The molecular formula is C12H23N3O5. The molecule has 20 heavy (non-hydrogen) atoms. The van der Waals surface area contributed by atoms with Gasteiger partial charge in [0.15, 0.2) is 0 Å². The molecule has 116 valence electrons. The average Bonchev–Trinajstić information content (AvgIpc) is 2.37. The lowest BCUT2D eigenvalue weighted by Gasteiger charge is -2.29. The Morgan fingerprint density at radius 3 is 2.40 bits per heavy atom. The van der Waals surface area contributed by atoms with Crippen LogP contribution in [0.1, 0.15) is 26.7 Å². The topological polar surface area (TPSA) is 122 Å². The zero-order valence-corrected chi connectivity index (χ0v) is 12.1. The second kappa shape index (κ2) is 9.13. The predicted octanol–water partition coefficient (Wildman–Crippen LogP) is -0.228. The number of carboxylic acids is 1. The summed E-state index contributed by atoms with van der Waals surface area (Å²) < 4.78 is 4.92. The number of aliphatic carboxylic acids is 1. The Labute approximate surface area is 118 Å². The minimum absolute atomic E-state index is 0.0758. The first-order valence-corrected chi connectivity index (χ1v) is 6.40. The van der Waals surface area contributed by atoms with Crippen LogP contribution in [0.3, 0.4) is 0 Å². The van der Waals surface area contributed by atoms with Crippen molar-refractivity contribution >= 4 is 17.9 Å². The number of nitrogens with zero attached hydrogens (tertiary/aromatic N) is 1. The molecule has 0 spiro atoms. The van der Waals surface area contributed by atoms with Crippen LogP contribution in [0.4, 0.5) is 4.79 Å². The van der Waals surface area contributed by atoms with Crippen LogP contribution in [0.15, 0.2) is 0 Å². The summed E-state index contributed by atoms with van der Waals surface area (Å²) in [6.45, 7) is 4.43. The normalized spacial score (nSPS) is 13.3. The van der Waals surface area contributed by atoms with Gasteiger partial charge >= 0.3 is 12.0 Å². The summed E-state index contributed by atoms with van der Waals surface area (Å²) in [5.74, 6) is -2.09. The summed E-state index contributed by atoms with van der Waals surface area (Å²) in [4.78, 5) is 35.3. The standard InChI is InChI=1S/C12H23N3O5/c1-4-8(2)15(5-6-20-3)12(19)14-9(11(17)18)7-10(13)16/h8-9H,4-7H2,1-3H3,(H2,13,16)(H,14,19)(H,17,18)/t8?,9-/m1/s1. The zero-order valence-electron chi connectivity index (χ0n) is 12.1. The molecular weight excluding hydrogens is 266 g/mol. The van der Waals surface area contributed by atoms with Crippen molar-refractivity contribution in [3.8, 4) is 0 Å². The summed E-state index contributed by atoms with van der Waals surface area (Å²) in [6.07, 6.45) is 0.268. The first kappa shape index (κ1) is 18.2. The van der Waals surface area contributed by atoms with Gasteiger partial charge < -0.3 is 25.8 Å². The number of carbonyl (C=O) groups excluding carboxylic acids is 2. The number of amides is 3. The van der Waals surface area contributed by atoms with Gasteiger partial charge in [-0.1, -0.05) is 6.92 Å². The Morgan fingerprint density at radius 1 is 1.40 bits per heavy atom. The second-order valence-corrected chi connectivity index (χ2v) is 4.45. The molecule has 0 bridgehead atoms. The second-order valence-electron chi connectivity index (χ2n) is 4.45. The van der Waals surface area contributed by atoms with E-state index >= 15 is 0 Å². The van der Waals surface area contributed by atoms with Crippen LogP contribution in [0.5, 0.6) is 0 Å². The quantitative estimate of drug-likeness (QED) is 0.541. The fourth-order valence-corrected chi connectivity index (χ4v) is 1.57. The third-order valence-corrected chi connectivity index (χ3v) is 2.92. The summed E-state index contributed by atoms with van der Waals surface area (Å²) in [7, 11) is 1.51. The molecule has 1 unspecified atom stereocenters. The van der Waals surface area contributed by atoms with Crippen LogP contribution in [0, 0.1) is 0 Å². The molecule has 0 heterocycles. The number of methoxy groups -OCH3 is 1. The van der Waals surface area contributed by atoms with Crippen LogP contribution >= 0.6 is 0 Å². The van der Waals surface area contributed by atoms with E-state index in [1.807, 2.05) is 13.8 Å². The highest BCUT2D eigenvalue weighted by atomic mass is 16.5. The van der Waals surface area contributed by atoms with Crippen LogP contribution in [-0.2, 0) is 14.3 Å². The average molecular weight is 289 g/mol. The lowest BCUT2D eigenvalue weighted by atomic mass is 10.2. The van der Waals surface area contributed by atoms with Gasteiger partial charge in [-0.05, 0) is 13.3 Å². The molecule has 8 heteroatoms. The highest BCUT2D eigenvalue weighted by Crippen LogP contribution is 2.05. The van der Waals surface area contributed by atoms with Crippen LogP contribution < -0.4 is 11.1 Å². The number of carbonyl (C=O) groups is 3. The fraction of sp³-hybridized carbons (Fsp3) is 0.750. The monoisotopic (exact) mass is 289 g/mol. The molecule has 3 amide bonds. The van der Waals surface area contributed by atoms with Crippen molar-refractivity contribution in [2.24, 2.45) is 5.73 Å². The number of urea groups is 1. The molecule has 0 aromatic carbocycles. The maximum Gasteiger partial charge on any atom is 0.326 e. The molecule has 0 aliphatic carbocycles. The van der Waals surface area contributed by atoms with E-state index in [4.69, 9.17) is 15.6 Å². The summed E-state index contributed by atoms with van der Waals surface area (Å²) in [6, 6.07) is -1.95. The Kier molecular flexibility index (Phi) is 8.30. The minimum Gasteiger partial charge on any atom is -0.480 e. The van der Waals surface area contributed by atoms with E-state index in [2.05, 4.69) is 5.32 Å². The van der Waals surface area contributed by atoms with Gasteiger partial charge in [0.05, 0.1) is 13.0 Å². The summed E-state index contributed by atoms with van der Waals surface area (Å²) in [5.41, 5.74) is 4.96. The van der Waals surface area contributed by atoms with Crippen LogP contribution in [-0.4, -0.2) is 60.3 Å². The lowest BCUT2D eigenvalue weighted by Crippen LogP contribution is -2.52. The number of hydrogen-bond donors (Lipinski definition) is 3. The van der Waals surface area contributed by atoms with Gasteiger partial charge in [-0.25, -0.2) is 9.59 Å². The van der Waals surface area contributed by atoms with Crippen molar-refractivity contribution in [2.45, 2.75) is 38.8 Å². The Morgan fingerprint density at radius 2 is 2.00 bits per heavy atom. The Hall–Kier alpha value is -1.83. The Bertz CT molecular complexity index is 348. The number of rotatable bonds is 9. The van der Waals surface area contributed by atoms with E-state index in [0.717, 1.165) is 0 Å². The van der Waals surface area contributed by atoms with E-state index < -0.39 is 30.4 Å². The highest BCUT2D eigenvalue weighted by molar-refractivity contribution is 5.87. The van der Waals surface area contributed by atoms with Gasteiger partial charge in [-0.15, -0.1) is 0 Å². The SMILES string of the molecule is CCC(C)N(CCOC)C(=O)N[C@H](CC(N)=O)C(=O)O. The van der Waals surface area contributed by atoms with Crippen LogP contribution in [0.2, 0.25) is 0 Å². The van der Waals surface area contributed by atoms with E-state index in [-0.39, 0.29) is 6.04 Å². The van der Waals surface area contributed by atoms with E-state index in [0.29, 0.717) is 19.6 Å². The molecule has 8 nitrogen and oxygen atoms in total. The van der Waals surface area contributed by atoms with Crippen molar-refractivity contribution in [1.82, 2.24) is 10.2 Å².